The molecule has 1 saturated heterocycles. The molecule has 0 aromatic carbocycles. The minimum absolute atomic E-state index is 0.711. The van der Waals surface area contributed by atoms with Crippen molar-refractivity contribution in [1.82, 2.24) is 9.97 Å². The first-order valence-corrected chi connectivity index (χ1v) is 6.47. The van der Waals surface area contributed by atoms with Crippen LogP contribution in [0.3, 0.4) is 0 Å². The smallest absolute Gasteiger partial charge is 0.224 e. The highest BCUT2D eigenvalue weighted by Crippen LogP contribution is 2.23. The summed E-state index contributed by atoms with van der Waals surface area (Å²) in [5, 5.41) is 3.01. The minimum atomic E-state index is 0.711. The van der Waals surface area contributed by atoms with Gasteiger partial charge >= 0.3 is 0 Å². The molecular formula is C13H22N4. The Labute approximate surface area is 103 Å². The molecule has 1 aliphatic heterocycles. The van der Waals surface area contributed by atoms with Gasteiger partial charge < -0.3 is 10.2 Å². The number of nitrogens with zero attached hydrogens (tertiary/aromatic N) is 3. The molecule has 0 aliphatic carbocycles. The van der Waals surface area contributed by atoms with E-state index in [-0.39, 0.29) is 0 Å². The molecule has 4 heteroatoms. The first-order valence-electron chi connectivity index (χ1n) is 6.47. The van der Waals surface area contributed by atoms with Crippen molar-refractivity contribution in [1.29, 1.82) is 0 Å². The lowest BCUT2D eigenvalue weighted by atomic mass is 10.0. The lowest BCUT2D eigenvalue weighted by Crippen LogP contribution is -2.26. The Kier molecular flexibility index (Phi) is 3.82. The fourth-order valence-electron chi connectivity index (χ4n) is 2.35. The van der Waals surface area contributed by atoms with Crippen LogP contribution in [0.1, 0.15) is 31.7 Å². The van der Waals surface area contributed by atoms with Gasteiger partial charge in [0, 0.05) is 31.9 Å². The van der Waals surface area contributed by atoms with Crippen LogP contribution in [0.15, 0.2) is 6.20 Å². The SMILES string of the molecule is CNc1ncc(C)c(N2CCCC(C)CC2)n1. The first-order chi connectivity index (χ1) is 8.20. The maximum absolute atomic E-state index is 4.58. The maximum Gasteiger partial charge on any atom is 0.224 e. The third kappa shape index (κ3) is 2.87. The van der Waals surface area contributed by atoms with E-state index in [1.165, 1.54) is 24.8 Å². The van der Waals surface area contributed by atoms with E-state index in [9.17, 15) is 0 Å². The van der Waals surface area contributed by atoms with Crippen LogP contribution in [-0.4, -0.2) is 30.1 Å². The number of aromatic nitrogens is 2. The summed E-state index contributed by atoms with van der Waals surface area (Å²) in [5.41, 5.74) is 1.17. The van der Waals surface area contributed by atoms with Crippen molar-refractivity contribution in [3.05, 3.63) is 11.8 Å². The van der Waals surface area contributed by atoms with Crippen LogP contribution >= 0.6 is 0 Å². The average Bonchev–Trinajstić information content (AvgIpc) is 2.55. The molecule has 1 N–H and O–H groups in total. The highest BCUT2D eigenvalue weighted by molar-refractivity contribution is 5.48. The summed E-state index contributed by atoms with van der Waals surface area (Å²) in [5.74, 6) is 2.65. The molecule has 1 fully saturated rings. The summed E-state index contributed by atoms with van der Waals surface area (Å²) in [6.45, 7) is 6.66. The van der Waals surface area contributed by atoms with E-state index in [1.54, 1.807) is 0 Å². The number of hydrogen-bond donors (Lipinski definition) is 1. The van der Waals surface area contributed by atoms with Crippen LogP contribution < -0.4 is 10.2 Å². The fourth-order valence-corrected chi connectivity index (χ4v) is 2.35. The van der Waals surface area contributed by atoms with Gasteiger partial charge in [-0.15, -0.1) is 0 Å². The van der Waals surface area contributed by atoms with Gasteiger partial charge in [0.1, 0.15) is 5.82 Å². The Hall–Kier alpha value is -1.32. The number of aryl methyl sites for hydroxylation is 1. The molecule has 1 aliphatic rings. The Bertz CT molecular complexity index is 378. The quantitative estimate of drug-likeness (QED) is 0.853. The van der Waals surface area contributed by atoms with E-state index >= 15 is 0 Å². The molecule has 1 unspecified atom stereocenters. The number of anilines is 2. The van der Waals surface area contributed by atoms with E-state index in [0.29, 0.717) is 5.95 Å². The third-order valence-corrected chi connectivity index (χ3v) is 3.48. The van der Waals surface area contributed by atoms with Crippen molar-refractivity contribution < 1.29 is 0 Å². The molecule has 94 valence electrons. The van der Waals surface area contributed by atoms with Crippen molar-refractivity contribution in [2.75, 3.05) is 30.4 Å². The van der Waals surface area contributed by atoms with Gasteiger partial charge in [0.2, 0.25) is 5.95 Å². The molecule has 0 radical (unpaired) electrons. The summed E-state index contributed by atoms with van der Waals surface area (Å²) < 4.78 is 0. The lowest BCUT2D eigenvalue weighted by molar-refractivity contribution is 0.521. The molecule has 0 amide bonds. The van der Waals surface area contributed by atoms with Crippen molar-refractivity contribution in [2.24, 2.45) is 5.92 Å². The Morgan fingerprint density at radius 1 is 1.35 bits per heavy atom. The number of nitrogens with one attached hydrogen (secondary N) is 1. The molecule has 2 rings (SSSR count). The van der Waals surface area contributed by atoms with E-state index in [4.69, 9.17) is 0 Å². The van der Waals surface area contributed by atoms with Crippen LogP contribution in [0, 0.1) is 12.8 Å². The predicted molar refractivity (Wildman–Crippen MR) is 71.5 cm³/mol. The highest BCUT2D eigenvalue weighted by Gasteiger charge is 2.17. The van der Waals surface area contributed by atoms with Crippen molar-refractivity contribution in [3.63, 3.8) is 0 Å². The highest BCUT2D eigenvalue weighted by atomic mass is 15.2. The zero-order chi connectivity index (χ0) is 12.3. The van der Waals surface area contributed by atoms with Gasteiger partial charge in [0.15, 0.2) is 0 Å². The van der Waals surface area contributed by atoms with E-state index < -0.39 is 0 Å². The van der Waals surface area contributed by atoms with Crippen LogP contribution in [0.2, 0.25) is 0 Å². The molecule has 0 spiro atoms. The van der Waals surface area contributed by atoms with Gasteiger partial charge in [-0.25, -0.2) is 4.98 Å². The largest absolute Gasteiger partial charge is 0.357 e. The van der Waals surface area contributed by atoms with Crippen LogP contribution in [0.5, 0.6) is 0 Å². The summed E-state index contributed by atoms with van der Waals surface area (Å²) in [4.78, 5) is 11.2. The van der Waals surface area contributed by atoms with Gasteiger partial charge in [-0.05, 0) is 32.1 Å². The molecule has 1 aromatic rings. The van der Waals surface area contributed by atoms with Crippen molar-refractivity contribution in [2.45, 2.75) is 33.1 Å². The first kappa shape index (κ1) is 12.1. The Balaban J connectivity index is 2.20. The number of rotatable bonds is 2. The fraction of sp³-hybridized carbons (Fsp3) is 0.692. The molecule has 1 atom stereocenters. The summed E-state index contributed by atoms with van der Waals surface area (Å²) >= 11 is 0. The monoisotopic (exact) mass is 234 g/mol. The second-order valence-electron chi connectivity index (χ2n) is 4.97. The van der Waals surface area contributed by atoms with E-state index in [1.807, 2.05) is 13.2 Å². The Morgan fingerprint density at radius 2 is 2.18 bits per heavy atom. The maximum atomic E-state index is 4.58. The normalized spacial score (nSPS) is 21.1. The molecule has 4 nitrogen and oxygen atoms in total. The van der Waals surface area contributed by atoms with Crippen molar-refractivity contribution in [3.8, 4) is 0 Å². The zero-order valence-corrected chi connectivity index (χ0v) is 11.0. The van der Waals surface area contributed by atoms with Crippen LogP contribution in [0.25, 0.3) is 0 Å². The second kappa shape index (κ2) is 5.34. The summed E-state index contributed by atoms with van der Waals surface area (Å²) in [6.07, 6.45) is 5.76. The minimum Gasteiger partial charge on any atom is -0.357 e. The molecule has 1 aromatic heterocycles. The van der Waals surface area contributed by atoms with E-state index in [0.717, 1.165) is 24.8 Å². The van der Waals surface area contributed by atoms with Crippen molar-refractivity contribution >= 4 is 11.8 Å². The topological polar surface area (TPSA) is 41.1 Å². The molecule has 2 heterocycles. The summed E-state index contributed by atoms with van der Waals surface area (Å²) in [7, 11) is 1.86. The standard InChI is InChI=1S/C13H22N4/c1-10-5-4-7-17(8-6-10)12-11(2)9-15-13(14-3)16-12/h9-10H,4-8H2,1-3H3,(H,14,15,16). The van der Waals surface area contributed by atoms with Gasteiger partial charge in [-0.1, -0.05) is 6.92 Å². The molecule has 0 bridgehead atoms. The van der Waals surface area contributed by atoms with Gasteiger partial charge in [0.25, 0.3) is 0 Å². The predicted octanol–water partition coefficient (Wildman–Crippen LogP) is 2.45. The van der Waals surface area contributed by atoms with Gasteiger partial charge in [-0.2, -0.15) is 4.98 Å². The van der Waals surface area contributed by atoms with E-state index in [2.05, 4.69) is 34.0 Å². The van der Waals surface area contributed by atoms with Crippen LogP contribution in [-0.2, 0) is 0 Å². The van der Waals surface area contributed by atoms with Gasteiger partial charge in [0.05, 0.1) is 0 Å². The molecule has 0 saturated carbocycles. The Morgan fingerprint density at radius 3 is 2.94 bits per heavy atom. The lowest BCUT2D eigenvalue weighted by Gasteiger charge is -2.23. The third-order valence-electron chi connectivity index (χ3n) is 3.48. The average molecular weight is 234 g/mol. The number of hydrogen-bond acceptors (Lipinski definition) is 4. The summed E-state index contributed by atoms with van der Waals surface area (Å²) in [6, 6.07) is 0. The second-order valence-corrected chi connectivity index (χ2v) is 4.97. The van der Waals surface area contributed by atoms with Gasteiger partial charge in [-0.3, -0.25) is 0 Å². The molecular weight excluding hydrogens is 212 g/mol. The zero-order valence-electron chi connectivity index (χ0n) is 11.0. The van der Waals surface area contributed by atoms with Crippen LogP contribution in [0.4, 0.5) is 11.8 Å². The molecule has 17 heavy (non-hydrogen) atoms.